The van der Waals surface area contributed by atoms with E-state index >= 15 is 0 Å². The van der Waals surface area contributed by atoms with Crippen LogP contribution in [0.25, 0.3) is 0 Å². The summed E-state index contributed by atoms with van der Waals surface area (Å²) in [5.41, 5.74) is 0.460. The number of carbonyl (C=O) groups is 1. The molecule has 0 aliphatic heterocycles. The van der Waals surface area contributed by atoms with Crippen molar-refractivity contribution in [2.24, 2.45) is 0 Å². The van der Waals surface area contributed by atoms with Crippen LogP contribution in [-0.4, -0.2) is 17.9 Å². The first-order valence-corrected chi connectivity index (χ1v) is 5.37. The van der Waals surface area contributed by atoms with Gasteiger partial charge in [-0.15, -0.1) is 0 Å². The topological polar surface area (TPSA) is 52.3 Å². The monoisotopic (exact) mass is 231 g/mol. The van der Waals surface area contributed by atoms with Gasteiger partial charge in [-0.2, -0.15) is 0 Å². The summed E-state index contributed by atoms with van der Waals surface area (Å²) in [6.45, 7) is 1.97. The molecule has 0 aliphatic carbocycles. The van der Waals surface area contributed by atoms with E-state index in [2.05, 4.69) is 4.98 Å². The van der Waals surface area contributed by atoms with E-state index < -0.39 is 0 Å². The second kappa shape index (κ2) is 4.82. The van der Waals surface area contributed by atoms with Crippen LogP contribution in [0.1, 0.15) is 28.8 Å². The van der Waals surface area contributed by atoms with Crippen molar-refractivity contribution in [1.29, 1.82) is 0 Å². The van der Waals surface area contributed by atoms with Crippen LogP contribution in [0.15, 0.2) is 35.0 Å². The van der Waals surface area contributed by atoms with Gasteiger partial charge >= 0.3 is 0 Å². The molecule has 0 aliphatic rings. The summed E-state index contributed by atoms with van der Waals surface area (Å²) in [6, 6.07) is 5.13. The van der Waals surface area contributed by atoms with Crippen molar-refractivity contribution in [1.82, 2.24) is 4.98 Å². The first-order valence-electron chi connectivity index (χ1n) is 5.37. The Balaban J connectivity index is 2.29. The predicted octanol–water partition coefficient (Wildman–Crippen LogP) is 2.48. The smallest absolute Gasteiger partial charge is 0.229 e. The third-order valence-electron chi connectivity index (χ3n) is 2.44. The number of furan rings is 1. The number of aromatic nitrogens is 1. The number of methoxy groups -OCH3 is 1. The molecular formula is C13H13NO3. The molecule has 0 bridgehead atoms. The van der Waals surface area contributed by atoms with Gasteiger partial charge in [0.25, 0.3) is 0 Å². The summed E-state index contributed by atoms with van der Waals surface area (Å²) in [6.07, 6.45) is 3.82. The normalized spacial score (nSPS) is 10.2. The Morgan fingerprint density at radius 3 is 2.88 bits per heavy atom. The quantitative estimate of drug-likeness (QED) is 0.758. The maximum Gasteiger partial charge on any atom is 0.229 e. The highest BCUT2D eigenvalue weighted by Gasteiger charge is 2.14. The van der Waals surface area contributed by atoms with Crippen molar-refractivity contribution in [3.8, 4) is 5.75 Å². The molecule has 0 saturated carbocycles. The van der Waals surface area contributed by atoms with E-state index in [0.717, 1.165) is 12.2 Å². The highest BCUT2D eigenvalue weighted by Crippen LogP contribution is 2.16. The zero-order valence-electron chi connectivity index (χ0n) is 9.77. The van der Waals surface area contributed by atoms with Crippen LogP contribution >= 0.6 is 0 Å². The molecule has 0 saturated heterocycles. The van der Waals surface area contributed by atoms with Gasteiger partial charge in [0, 0.05) is 18.2 Å². The molecule has 0 fully saturated rings. The summed E-state index contributed by atoms with van der Waals surface area (Å²) in [5, 5.41) is 0. The molecule has 17 heavy (non-hydrogen) atoms. The fourth-order valence-corrected chi connectivity index (χ4v) is 1.49. The number of ether oxygens (including phenoxy) is 1. The van der Waals surface area contributed by atoms with Gasteiger partial charge in [0.1, 0.15) is 11.5 Å². The molecule has 2 rings (SSSR count). The molecule has 0 radical (unpaired) electrons. The molecule has 0 atom stereocenters. The summed E-state index contributed by atoms with van der Waals surface area (Å²) in [5.74, 6) is 1.50. The van der Waals surface area contributed by atoms with Crippen molar-refractivity contribution in [2.45, 2.75) is 13.3 Å². The van der Waals surface area contributed by atoms with E-state index in [1.165, 1.54) is 13.3 Å². The van der Waals surface area contributed by atoms with Crippen molar-refractivity contribution < 1.29 is 13.9 Å². The molecule has 4 heteroatoms. The summed E-state index contributed by atoms with van der Waals surface area (Å²) >= 11 is 0. The predicted molar refractivity (Wildman–Crippen MR) is 62.3 cm³/mol. The van der Waals surface area contributed by atoms with Gasteiger partial charge in [0.15, 0.2) is 5.76 Å². The van der Waals surface area contributed by atoms with E-state index in [1.54, 1.807) is 24.4 Å². The van der Waals surface area contributed by atoms with Gasteiger partial charge in [-0.3, -0.25) is 9.78 Å². The summed E-state index contributed by atoms with van der Waals surface area (Å²) < 4.78 is 10.4. The number of rotatable bonds is 4. The van der Waals surface area contributed by atoms with Crippen LogP contribution in [0.3, 0.4) is 0 Å². The molecule has 88 valence electrons. The van der Waals surface area contributed by atoms with Crippen LogP contribution in [-0.2, 0) is 6.42 Å². The zero-order valence-corrected chi connectivity index (χ0v) is 9.77. The van der Waals surface area contributed by atoms with E-state index in [-0.39, 0.29) is 5.78 Å². The van der Waals surface area contributed by atoms with Crippen molar-refractivity contribution >= 4 is 5.78 Å². The maximum absolute atomic E-state index is 12.1. The molecular weight excluding hydrogens is 218 g/mol. The summed E-state index contributed by atoms with van der Waals surface area (Å²) in [7, 11) is 1.54. The molecule has 0 amide bonds. The molecule has 4 nitrogen and oxygen atoms in total. The highest BCUT2D eigenvalue weighted by molar-refractivity contribution is 6.07. The fourth-order valence-electron chi connectivity index (χ4n) is 1.49. The Kier molecular flexibility index (Phi) is 3.23. The number of aryl methyl sites for hydroxylation is 1. The number of ketones is 1. The molecule has 0 unspecified atom stereocenters. The van der Waals surface area contributed by atoms with E-state index in [1.807, 2.05) is 6.92 Å². The molecule has 2 aromatic rings. The maximum atomic E-state index is 12.1. The van der Waals surface area contributed by atoms with Crippen LogP contribution in [0.4, 0.5) is 0 Å². The number of pyridine rings is 1. The number of hydrogen-bond acceptors (Lipinski definition) is 4. The van der Waals surface area contributed by atoms with Gasteiger partial charge < -0.3 is 9.15 Å². The van der Waals surface area contributed by atoms with Gasteiger partial charge in [-0.05, 0) is 18.2 Å². The highest BCUT2D eigenvalue weighted by atomic mass is 16.5. The van der Waals surface area contributed by atoms with Crippen LogP contribution in [0, 0.1) is 0 Å². The molecule has 2 heterocycles. The first-order chi connectivity index (χ1) is 8.24. The van der Waals surface area contributed by atoms with Gasteiger partial charge in [0.05, 0.1) is 13.3 Å². The molecule has 0 aromatic carbocycles. The lowest BCUT2D eigenvalue weighted by Crippen LogP contribution is -2.00. The third kappa shape index (κ3) is 2.36. The van der Waals surface area contributed by atoms with Gasteiger partial charge in [-0.1, -0.05) is 6.92 Å². The van der Waals surface area contributed by atoms with Gasteiger partial charge in [0.2, 0.25) is 5.78 Å². The minimum Gasteiger partial charge on any atom is -0.495 e. The van der Waals surface area contributed by atoms with E-state index in [0.29, 0.717) is 17.1 Å². The second-order valence-electron chi connectivity index (χ2n) is 3.56. The Bertz CT molecular complexity index is 531. The van der Waals surface area contributed by atoms with Gasteiger partial charge in [-0.25, -0.2) is 0 Å². The van der Waals surface area contributed by atoms with E-state index in [9.17, 15) is 4.79 Å². The minimum atomic E-state index is -0.184. The summed E-state index contributed by atoms with van der Waals surface area (Å²) in [4.78, 5) is 16.0. The van der Waals surface area contributed by atoms with Crippen LogP contribution in [0.5, 0.6) is 5.75 Å². The lowest BCUT2D eigenvalue weighted by molar-refractivity contribution is 0.101. The first kappa shape index (κ1) is 11.4. The van der Waals surface area contributed by atoms with E-state index in [4.69, 9.17) is 9.15 Å². The van der Waals surface area contributed by atoms with Crippen LogP contribution in [0.2, 0.25) is 0 Å². The minimum absolute atomic E-state index is 0.184. The molecule has 0 spiro atoms. The Hall–Kier alpha value is -2.10. The standard InChI is InChI=1S/C13H13NO3/c1-3-10-4-5-12(17-10)13(15)9-6-11(16-2)8-14-7-9/h4-8H,3H2,1-2H3. The Morgan fingerprint density at radius 1 is 1.41 bits per heavy atom. The number of carbonyl (C=O) groups excluding carboxylic acids is 1. The molecule has 2 aromatic heterocycles. The Morgan fingerprint density at radius 2 is 2.24 bits per heavy atom. The lowest BCUT2D eigenvalue weighted by atomic mass is 10.1. The van der Waals surface area contributed by atoms with Crippen molar-refractivity contribution in [3.05, 3.63) is 47.7 Å². The Labute approximate surface area is 99.2 Å². The fraction of sp³-hybridized carbons (Fsp3) is 0.231. The third-order valence-corrected chi connectivity index (χ3v) is 2.44. The van der Waals surface area contributed by atoms with Crippen molar-refractivity contribution in [2.75, 3.05) is 7.11 Å². The number of hydrogen-bond donors (Lipinski definition) is 0. The second-order valence-corrected chi connectivity index (χ2v) is 3.56. The SMILES string of the molecule is CCc1ccc(C(=O)c2cncc(OC)c2)o1. The number of nitrogens with zero attached hydrogens (tertiary/aromatic N) is 1. The lowest BCUT2D eigenvalue weighted by Gasteiger charge is -2.01. The molecule has 0 N–H and O–H groups in total. The van der Waals surface area contributed by atoms with Crippen LogP contribution < -0.4 is 4.74 Å². The average Bonchev–Trinajstić information content (AvgIpc) is 2.86. The largest absolute Gasteiger partial charge is 0.495 e. The average molecular weight is 231 g/mol. The zero-order chi connectivity index (χ0) is 12.3. The van der Waals surface area contributed by atoms with Crippen molar-refractivity contribution in [3.63, 3.8) is 0 Å².